The van der Waals surface area contributed by atoms with Crippen LogP contribution in [-0.4, -0.2) is 5.91 Å². The van der Waals surface area contributed by atoms with Crippen LogP contribution < -0.4 is 5.32 Å². The van der Waals surface area contributed by atoms with Crippen LogP contribution >= 0.6 is 49.9 Å². The first-order chi connectivity index (χ1) is 9.65. The minimum absolute atomic E-state index is 0.000518. The lowest BCUT2D eigenvalue weighted by molar-refractivity contribution is 0.0932. The van der Waals surface area contributed by atoms with E-state index in [2.05, 4.69) is 55.3 Å². The molecule has 0 aliphatic heterocycles. The Morgan fingerprint density at radius 3 is 3.10 bits per heavy atom. The van der Waals surface area contributed by atoms with Gasteiger partial charge in [0.05, 0.1) is 11.6 Å². The Bertz CT molecular complexity index is 655. The zero-order chi connectivity index (χ0) is 14.1. The molecule has 0 fully saturated rings. The third kappa shape index (κ3) is 2.94. The number of hydrogen-bond donors (Lipinski definition) is 1. The van der Waals surface area contributed by atoms with E-state index in [0.29, 0.717) is 5.56 Å². The molecule has 1 aliphatic carbocycles. The molecule has 1 aromatic carbocycles. The Labute approximate surface area is 144 Å². The van der Waals surface area contributed by atoms with Crippen molar-refractivity contribution in [2.24, 2.45) is 0 Å². The Hall–Kier alpha value is -0.400. The second-order valence-electron chi connectivity index (χ2n) is 4.84. The van der Waals surface area contributed by atoms with Crippen LogP contribution in [0.3, 0.4) is 0 Å². The fraction of sp³-hybridized carbons (Fsp3) is 0.267. The summed E-state index contributed by atoms with van der Waals surface area (Å²) >= 11 is 7.48. The quantitative estimate of drug-likeness (QED) is 0.631. The molecular formula is C15H13BrINOS. The van der Waals surface area contributed by atoms with Crippen molar-refractivity contribution in [3.8, 4) is 0 Å². The highest BCUT2D eigenvalue weighted by Crippen LogP contribution is 2.33. The Morgan fingerprint density at radius 2 is 2.25 bits per heavy atom. The van der Waals surface area contributed by atoms with Gasteiger partial charge in [-0.2, -0.15) is 0 Å². The van der Waals surface area contributed by atoms with Crippen LogP contribution in [0.4, 0.5) is 0 Å². The summed E-state index contributed by atoms with van der Waals surface area (Å²) in [5.41, 5.74) is 2.01. The molecule has 0 bridgehead atoms. The molecule has 0 saturated heterocycles. The van der Waals surface area contributed by atoms with Gasteiger partial charge in [-0.05, 0) is 93.0 Å². The molecule has 2 nitrogen and oxygen atoms in total. The molecule has 0 saturated carbocycles. The number of rotatable bonds is 2. The number of fused-ring (bicyclic) bond motifs is 1. The highest BCUT2D eigenvalue weighted by molar-refractivity contribution is 14.1. The largest absolute Gasteiger partial charge is 0.345 e. The van der Waals surface area contributed by atoms with Gasteiger partial charge in [-0.3, -0.25) is 4.79 Å². The summed E-state index contributed by atoms with van der Waals surface area (Å²) in [7, 11) is 0. The van der Waals surface area contributed by atoms with E-state index in [1.807, 2.05) is 18.2 Å². The van der Waals surface area contributed by atoms with Crippen LogP contribution in [0.2, 0.25) is 0 Å². The van der Waals surface area contributed by atoms with Crippen molar-refractivity contribution in [3.63, 3.8) is 0 Å². The predicted octanol–water partition coefficient (Wildman–Crippen LogP) is 4.92. The molecule has 3 rings (SSSR count). The fourth-order valence-corrected chi connectivity index (χ4v) is 4.45. The monoisotopic (exact) mass is 461 g/mol. The molecule has 1 aromatic heterocycles. The van der Waals surface area contributed by atoms with E-state index in [1.165, 1.54) is 10.4 Å². The second-order valence-corrected chi connectivity index (χ2v) is 7.94. The molecular weight excluding hydrogens is 449 g/mol. The van der Waals surface area contributed by atoms with Crippen LogP contribution in [-0.2, 0) is 6.42 Å². The number of carbonyl (C=O) groups is 1. The highest BCUT2D eigenvalue weighted by Gasteiger charge is 2.23. The zero-order valence-corrected chi connectivity index (χ0v) is 15.2. The van der Waals surface area contributed by atoms with Crippen LogP contribution in [0.15, 0.2) is 34.1 Å². The van der Waals surface area contributed by atoms with Gasteiger partial charge in [0.25, 0.3) is 5.91 Å². The van der Waals surface area contributed by atoms with Crippen molar-refractivity contribution in [1.29, 1.82) is 0 Å². The SMILES string of the molecule is O=C(NC1CCCc2sccc21)c1cc(I)ccc1Br. The molecule has 1 heterocycles. The van der Waals surface area contributed by atoms with Gasteiger partial charge in [0.2, 0.25) is 0 Å². The predicted molar refractivity (Wildman–Crippen MR) is 94.3 cm³/mol. The number of halogens is 2. The average molecular weight is 462 g/mol. The number of aryl methyl sites for hydroxylation is 1. The number of nitrogens with one attached hydrogen (secondary N) is 1. The van der Waals surface area contributed by atoms with E-state index in [1.54, 1.807) is 11.3 Å². The molecule has 0 radical (unpaired) electrons. The maximum atomic E-state index is 12.5. The lowest BCUT2D eigenvalue weighted by Gasteiger charge is -2.24. The minimum atomic E-state index is -0.000518. The topological polar surface area (TPSA) is 29.1 Å². The molecule has 20 heavy (non-hydrogen) atoms. The van der Waals surface area contributed by atoms with Gasteiger partial charge in [-0.25, -0.2) is 0 Å². The van der Waals surface area contributed by atoms with Crippen LogP contribution in [0.5, 0.6) is 0 Å². The molecule has 1 atom stereocenters. The molecule has 0 spiro atoms. The second kappa shape index (κ2) is 6.15. The zero-order valence-electron chi connectivity index (χ0n) is 10.7. The Balaban J connectivity index is 1.82. The van der Waals surface area contributed by atoms with Gasteiger partial charge in [-0.1, -0.05) is 0 Å². The van der Waals surface area contributed by atoms with Crippen molar-refractivity contribution in [2.45, 2.75) is 25.3 Å². The molecule has 1 N–H and O–H groups in total. The number of thiophene rings is 1. The summed E-state index contributed by atoms with van der Waals surface area (Å²) in [6, 6.07) is 8.12. The molecule has 104 valence electrons. The van der Waals surface area contributed by atoms with Gasteiger partial charge in [0.15, 0.2) is 0 Å². The summed E-state index contributed by atoms with van der Waals surface area (Å²) in [6.45, 7) is 0. The van der Waals surface area contributed by atoms with Crippen molar-refractivity contribution < 1.29 is 4.79 Å². The summed E-state index contributed by atoms with van der Waals surface area (Å²) in [5, 5.41) is 5.30. The summed E-state index contributed by atoms with van der Waals surface area (Å²) in [5.74, 6) is -0.000518. The Morgan fingerprint density at radius 1 is 1.40 bits per heavy atom. The van der Waals surface area contributed by atoms with Gasteiger partial charge in [0.1, 0.15) is 0 Å². The third-order valence-electron chi connectivity index (χ3n) is 3.53. The number of hydrogen-bond acceptors (Lipinski definition) is 2. The number of amides is 1. The van der Waals surface area contributed by atoms with E-state index in [9.17, 15) is 4.79 Å². The Kier molecular flexibility index (Phi) is 4.47. The van der Waals surface area contributed by atoms with E-state index in [-0.39, 0.29) is 11.9 Å². The standard InChI is InChI=1S/C15H13BrINOS/c16-12-5-4-9(17)8-11(12)15(19)18-13-2-1-3-14-10(13)6-7-20-14/h4-8,13H,1-3H2,(H,18,19). The first-order valence-electron chi connectivity index (χ1n) is 6.47. The summed E-state index contributed by atoms with van der Waals surface area (Å²) in [4.78, 5) is 13.9. The van der Waals surface area contributed by atoms with Gasteiger partial charge < -0.3 is 5.32 Å². The van der Waals surface area contributed by atoms with Gasteiger partial charge in [0, 0.05) is 12.9 Å². The molecule has 1 amide bonds. The van der Waals surface area contributed by atoms with E-state index >= 15 is 0 Å². The van der Waals surface area contributed by atoms with Gasteiger partial charge in [-0.15, -0.1) is 11.3 Å². The van der Waals surface area contributed by atoms with Crippen LogP contribution in [0, 0.1) is 3.57 Å². The molecule has 2 aromatic rings. The molecule has 5 heteroatoms. The normalized spacial score (nSPS) is 17.6. The van der Waals surface area contributed by atoms with E-state index in [0.717, 1.165) is 27.3 Å². The lowest BCUT2D eigenvalue weighted by Crippen LogP contribution is -2.30. The average Bonchev–Trinajstić information content (AvgIpc) is 2.91. The highest BCUT2D eigenvalue weighted by atomic mass is 127. The van der Waals surface area contributed by atoms with Crippen LogP contribution in [0.1, 0.15) is 39.7 Å². The summed E-state index contributed by atoms with van der Waals surface area (Å²) < 4.78 is 1.91. The lowest BCUT2D eigenvalue weighted by atomic mass is 9.94. The maximum Gasteiger partial charge on any atom is 0.252 e. The van der Waals surface area contributed by atoms with Crippen molar-refractivity contribution >= 4 is 55.8 Å². The van der Waals surface area contributed by atoms with Crippen LogP contribution in [0.25, 0.3) is 0 Å². The maximum absolute atomic E-state index is 12.5. The van der Waals surface area contributed by atoms with Crippen molar-refractivity contribution in [1.82, 2.24) is 5.32 Å². The number of carbonyl (C=O) groups excluding carboxylic acids is 1. The molecule has 1 aliphatic rings. The minimum Gasteiger partial charge on any atom is -0.345 e. The fourth-order valence-electron chi connectivity index (χ4n) is 2.54. The van der Waals surface area contributed by atoms with Crippen molar-refractivity contribution in [3.05, 3.63) is 53.7 Å². The third-order valence-corrected chi connectivity index (χ3v) is 5.89. The first-order valence-corrected chi connectivity index (χ1v) is 9.22. The van der Waals surface area contributed by atoms with E-state index in [4.69, 9.17) is 0 Å². The number of benzene rings is 1. The van der Waals surface area contributed by atoms with E-state index < -0.39 is 0 Å². The molecule has 1 unspecified atom stereocenters. The smallest absolute Gasteiger partial charge is 0.252 e. The first kappa shape index (κ1) is 14.5. The summed E-state index contributed by atoms with van der Waals surface area (Å²) in [6.07, 6.45) is 3.31. The van der Waals surface area contributed by atoms with Gasteiger partial charge >= 0.3 is 0 Å². The van der Waals surface area contributed by atoms with Crippen molar-refractivity contribution in [2.75, 3.05) is 0 Å².